The van der Waals surface area contributed by atoms with Gasteiger partial charge in [0.2, 0.25) is 0 Å². The van der Waals surface area contributed by atoms with E-state index in [1.165, 1.54) is 13.3 Å². The summed E-state index contributed by atoms with van der Waals surface area (Å²) < 4.78 is 4.63. The first-order valence-corrected chi connectivity index (χ1v) is 5.50. The van der Waals surface area contributed by atoms with Gasteiger partial charge in [-0.2, -0.15) is 0 Å². The average Bonchev–Trinajstić information content (AvgIpc) is 2.34. The molecule has 0 aliphatic carbocycles. The Morgan fingerprint density at radius 3 is 2.44 bits per heavy atom. The molecule has 1 amide bonds. The lowest BCUT2D eigenvalue weighted by Gasteiger charge is -2.29. The Kier molecular flexibility index (Phi) is 4.65. The molecule has 6 nitrogen and oxygen atoms in total. The summed E-state index contributed by atoms with van der Waals surface area (Å²) in [6, 6.07) is 3.91. The van der Waals surface area contributed by atoms with Crippen LogP contribution in [0.4, 0.5) is 10.6 Å². The number of carbonyl (C=O) groups excluding carboxylic acids is 1. The third-order valence-corrected chi connectivity index (χ3v) is 2.43. The van der Waals surface area contributed by atoms with Gasteiger partial charge in [0.1, 0.15) is 11.9 Å². The second-order valence-electron chi connectivity index (χ2n) is 4.06. The predicted molar refractivity (Wildman–Crippen MR) is 65.4 cm³/mol. The molecule has 0 radical (unpaired) electrons. The quantitative estimate of drug-likeness (QED) is 0.883. The molecule has 0 saturated carbocycles. The Labute approximate surface area is 105 Å². The van der Waals surface area contributed by atoms with E-state index < -0.39 is 18.1 Å². The highest BCUT2D eigenvalue weighted by Gasteiger charge is 2.34. The normalized spacial score (nSPS) is 12.0. The third-order valence-electron chi connectivity index (χ3n) is 2.43. The van der Waals surface area contributed by atoms with Gasteiger partial charge in [-0.15, -0.1) is 0 Å². The summed E-state index contributed by atoms with van der Waals surface area (Å²) in [5, 5.41) is 9.24. The number of carboxylic acid groups (broad SMARTS) is 1. The van der Waals surface area contributed by atoms with Crippen molar-refractivity contribution in [3.63, 3.8) is 0 Å². The van der Waals surface area contributed by atoms with Gasteiger partial charge in [0.25, 0.3) is 0 Å². The van der Waals surface area contributed by atoms with Crippen molar-refractivity contribution in [2.24, 2.45) is 5.92 Å². The van der Waals surface area contributed by atoms with E-state index >= 15 is 0 Å². The van der Waals surface area contributed by atoms with Crippen LogP contribution in [0, 0.1) is 5.92 Å². The maximum Gasteiger partial charge on any atom is 0.416 e. The fourth-order valence-electron chi connectivity index (χ4n) is 1.64. The number of pyridine rings is 1. The molecule has 0 bridgehead atoms. The number of rotatable bonds is 4. The molecular formula is C12H16N2O4. The summed E-state index contributed by atoms with van der Waals surface area (Å²) in [5.74, 6) is -1.12. The Bertz CT molecular complexity index is 419. The van der Waals surface area contributed by atoms with Crippen LogP contribution in [0.2, 0.25) is 0 Å². The van der Waals surface area contributed by atoms with E-state index in [0.29, 0.717) is 0 Å². The summed E-state index contributed by atoms with van der Waals surface area (Å²) in [6.45, 7) is 3.44. The van der Waals surface area contributed by atoms with Gasteiger partial charge >= 0.3 is 12.1 Å². The number of anilines is 1. The van der Waals surface area contributed by atoms with Crippen molar-refractivity contribution in [3.05, 3.63) is 24.4 Å². The van der Waals surface area contributed by atoms with Gasteiger partial charge in [-0.25, -0.2) is 19.5 Å². The topological polar surface area (TPSA) is 79.7 Å². The zero-order valence-electron chi connectivity index (χ0n) is 10.5. The van der Waals surface area contributed by atoms with Crippen molar-refractivity contribution >= 4 is 17.9 Å². The number of carboxylic acids is 1. The molecule has 0 spiro atoms. The highest BCUT2D eigenvalue weighted by atomic mass is 16.5. The van der Waals surface area contributed by atoms with Crippen molar-refractivity contribution in [2.45, 2.75) is 19.9 Å². The number of methoxy groups -OCH3 is 1. The first-order chi connectivity index (χ1) is 8.49. The molecule has 1 rings (SSSR count). The second-order valence-corrected chi connectivity index (χ2v) is 4.06. The lowest BCUT2D eigenvalue weighted by molar-refractivity contribution is -0.139. The Morgan fingerprint density at radius 2 is 2.06 bits per heavy atom. The van der Waals surface area contributed by atoms with E-state index in [9.17, 15) is 14.7 Å². The fourth-order valence-corrected chi connectivity index (χ4v) is 1.64. The highest BCUT2D eigenvalue weighted by molar-refractivity contribution is 5.94. The molecule has 1 heterocycles. The lowest BCUT2D eigenvalue weighted by atomic mass is 10.0. The molecule has 1 aromatic rings. The minimum atomic E-state index is -1.10. The number of amides is 1. The smallest absolute Gasteiger partial charge is 0.416 e. The summed E-state index contributed by atoms with van der Waals surface area (Å²) in [7, 11) is 1.21. The second kappa shape index (κ2) is 6.00. The lowest BCUT2D eigenvalue weighted by Crippen LogP contribution is -2.48. The molecule has 1 N–H and O–H groups in total. The van der Waals surface area contributed by atoms with Crippen LogP contribution in [0.5, 0.6) is 0 Å². The van der Waals surface area contributed by atoms with Crippen LogP contribution in [0.1, 0.15) is 13.8 Å². The molecule has 18 heavy (non-hydrogen) atoms. The van der Waals surface area contributed by atoms with Crippen molar-refractivity contribution in [1.82, 2.24) is 4.98 Å². The Balaban J connectivity index is 3.20. The van der Waals surface area contributed by atoms with Crippen LogP contribution in [0.15, 0.2) is 24.4 Å². The summed E-state index contributed by atoms with van der Waals surface area (Å²) in [4.78, 5) is 28.1. The first-order valence-electron chi connectivity index (χ1n) is 5.50. The molecule has 0 aliphatic heterocycles. The minimum absolute atomic E-state index is 0.255. The number of aromatic nitrogens is 1. The van der Waals surface area contributed by atoms with Gasteiger partial charge in [0, 0.05) is 6.20 Å². The van der Waals surface area contributed by atoms with Crippen LogP contribution >= 0.6 is 0 Å². The largest absolute Gasteiger partial charge is 0.480 e. The van der Waals surface area contributed by atoms with Crippen LogP contribution < -0.4 is 4.90 Å². The Morgan fingerprint density at radius 1 is 1.39 bits per heavy atom. The molecule has 0 fully saturated rings. The minimum Gasteiger partial charge on any atom is -0.480 e. The average molecular weight is 252 g/mol. The van der Waals surface area contributed by atoms with E-state index in [1.807, 2.05) is 0 Å². The molecule has 98 valence electrons. The van der Waals surface area contributed by atoms with E-state index in [1.54, 1.807) is 32.0 Å². The zero-order chi connectivity index (χ0) is 13.7. The van der Waals surface area contributed by atoms with E-state index in [4.69, 9.17) is 0 Å². The Hall–Kier alpha value is -2.11. The molecule has 0 saturated heterocycles. The molecule has 0 aromatic carbocycles. The van der Waals surface area contributed by atoms with Gasteiger partial charge in [0.05, 0.1) is 7.11 Å². The summed E-state index contributed by atoms with van der Waals surface area (Å²) in [6.07, 6.45) is 0.750. The van der Waals surface area contributed by atoms with E-state index in [2.05, 4.69) is 9.72 Å². The van der Waals surface area contributed by atoms with Crippen molar-refractivity contribution < 1.29 is 19.4 Å². The monoisotopic (exact) mass is 252 g/mol. The van der Waals surface area contributed by atoms with Crippen molar-refractivity contribution in [1.29, 1.82) is 0 Å². The number of hydrogen-bond donors (Lipinski definition) is 1. The predicted octanol–water partition coefficient (Wildman–Crippen LogP) is 1.76. The number of ether oxygens (including phenoxy) is 1. The first kappa shape index (κ1) is 14.0. The zero-order valence-corrected chi connectivity index (χ0v) is 10.5. The highest BCUT2D eigenvalue weighted by Crippen LogP contribution is 2.20. The number of aliphatic carboxylic acids is 1. The molecular weight excluding hydrogens is 236 g/mol. The summed E-state index contributed by atoms with van der Waals surface area (Å²) in [5.41, 5.74) is 0. The van der Waals surface area contributed by atoms with Crippen molar-refractivity contribution in [3.8, 4) is 0 Å². The fraction of sp³-hybridized carbons (Fsp3) is 0.417. The standard InChI is InChI=1S/C12H16N2O4/c1-8(2)10(11(15)16)14(12(17)18-3)9-6-4-5-7-13-9/h4-8,10H,1-3H3,(H,15,16). The molecule has 0 aliphatic rings. The van der Waals surface area contributed by atoms with E-state index in [-0.39, 0.29) is 11.7 Å². The van der Waals surface area contributed by atoms with Gasteiger partial charge in [-0.1, -0.05) is 19.9 Å². The maximum absolute atomic E-state index is 11.8. The van der Waals surface area contributed by atoms with Gasteiger partial charge < -0.3 is 9.84 Å². The van der Waals surface area contributed by atoms with Gasteiger partial charge in [-0.05, 0) is 18.1 Å². The number of carbonyl (C=O) groups is 2. The molecule has 1 aromatic heterocycles. The SMILES string of the molecule is COC(=O)N(c1ccccn1)C(C(=O)O)C(C)C. The van der Waals surface area contributed by atoms with E-state index in [0.717, 1.165) is 4.90 Å². The third kappa shape index (κ3) is 2.97. The van der Waals surface area contributed by atoms with Crippen LogP contribution in [-0.2, 0) is 9.53 Å². The molecule has 6 heteroatoms. The maximum atomic E-state index is 11.8. The molecule has 1 atom stereocenters. The van der Waals surface area contributed by atoms with Crippen LogP contribution in [-0.4, -0.2) is 35.3 Å². The van der Waals surface area contributed by atoms with Crippen LogP contribution in [0.25, 0.3) is 0 Å². The number of hydrogen-bond acceptors (Lipinski definition) is 4. The molecule has 1 unspecified atom stereocenters. The summed E-state index contributed by atoms with van der Waals surface area (Å²) >= 11 is 0. The van der Waals surface area contributed by atoms with Gasteiger partial charge in [0.15, 0.2) is 0 Å². The van der Waals surface area contributed by atoms with Gasteiger partial charge in [-0.3, -0.25) is 0 Å². The van der Waals surface area contributed by atoms with Crippen molar-refractivity contribution in [2.75, 3.05) is 12.0 Å². The van der Waals surface area contributed by atoms with Crippen LogP contribution in [0.3, 0.4) is 0 Å². The number of nitrogens with zero attached hydrogens (tertiary/aromatic N) is 2.